The molecule has 0 N–H and O–H groups in total. The molecule has 0 saturated heterocycles. The van der Waals surface area contributed by atoms with Crippen LogP contribution < -0.4 is 0 Å². The highest BCUT2D eigenvalue weighted by Gasteiger charge is 2.15. The van der Waals surface area contributed by atoms with Crippen LogP contribution in [0.2, 0.25) is 0 Å². The lowest BCUT2D eigenvalue weighted by Gasteiger charge is -2.21. The summed E-state index contributed by atoms with van der Waals surface area (Å²) in [6.07, 6.45) is 0.942. The molecular formula is C13H18O. The summed E-state index contributed by atoms with van der Waals surface area (Å²) < 4.78 is 0. The SMILES string of the molecule is Cc1cc(C(C)(C)C)cc(C=O)c1C. The smallest absolute Gasteiger partial charge is 0.150 e. The molecule has 0 radical (unpaired) electrons. The van der Waals surface area contributed by atoms with E-state index in [2.05, 4.69) is 33.8 Å². The van der Waals surface area contributed by atoms with Gasteiger partial charge in [-0.2, -0.15) is 0 Å². The van der Waals surface area contributed by atoms with E-state index in [1.807, 2.05) is 13.0 Å². The fraction of sp³-hybridized carbons (Fsp3) is 0.462. The Balaban J connectivity index is 3.37. The number of hydrogen-bond acceptors (Lipinski definition) is 1. The number of rotatable bonds is 1. The molecule has 0 heterocycles. The van der Waals surface area contributed by atoms with Crippen LogP contribution in [0.25, 0.3) is 0 Å². The van der Waals surface area contributed by atoms with Crippen molar-refractivity contribution in [3.63, 3.8) is 0 Å². The molecule has 0 aromatic heterocycles. The second-order valence-corrected chi connectivity index (χ2v) is 4.88. The minimum absolute atomic E-state index is 0.107. The minimum Gasteiger partial charge on any atom is -0.298 e. The van der Waals surface area contributed by atoms with Gasteiger partial charge in [0.1, 0.15) is 6.29 Å². The fourth-order valence-electron chi connectivity index (χ4n) is 1.44. The van der Waals surface area contributed by atoms with E-state index in [4.69, 9.17) is 0 Å². The lowest BCUT2D eigenvalue weighted by molar-refractivity contribution is 0.112. The monoisotopic (exact) mass is 190 g/mol. The average Bonchev–Trinajstić information content (AvgIpc) is 2.07. The molecule has 0 aliphatic carbocycles. The van der Waals surface area contributed by atoms with E-state index in [0.29, 0.717) is 0 Å². The van der Waals surface area contributed by atoms with Crippen LogP contribution in [-0.2, 0) is 5.41 Å². The van der Waals surface area contributed by atoms with Gasteiger partial charge >= 0.3 is 0 Å². The van der Waals surface area contributed by atoms with E-state index in [1.165, 1.54) is 11.1 Å². The number of benzene rings is 1. The number of hydrogen-bond donors (Lipinski definition) is 0. The first-order valence-electron chi connectivity index (χ1n) is 4.93. The molecule has 0 unspecified atom stereocenters. The van der Waals surface area contributed by atoms with Crippen LogP contribution in [0.3, 0.4) is 0 Å². The van der Waals surface area contributed by atoms with Gasteiger partial charge in [-0.05, 0) is 42.0 Å². The Labute approximate surface area is 86.1 Å². The maximum Gasteiger partial charge on any atom is 0.150 e. The third kappa shape index (κ3) is 2.03. The Kier molecular flexibility index (Phi) is 2.79. The Morgan fingerprint density at radius 3 is 2.14 bits per heavy atom. The van der Waals surface area contributed by atoms with Gasteiger partial charge in [0.15, 0.2) is 0 Å². The molecule has 0 fully saturated rings. The third-order valence-electron chi connectivity index (χ3n) is 2.70. The zero-order valence-electron chi connectivity index (χ0n) is 9.64. The van der Waals surface area contributed by atoms with E-state index in [1.54, 1.807) is 0 Å². The van der Waals surface area contributed by atoms with Gasteiger partial charge in [-0.3, -0.25) is 4.79 Å². The molecule has 0 aliphatic rings. The molecule has 1 aromatic rings. The Morgan fingerprint density at radius 2 is 1.71 bits per heavy atom. The van der Waals surface area contributed by atoms with Crippen LogP contribution in [0.1, 0.15) is 47.8 Å². The fourth-order valence-corrected chi connectivity index (χ4v) is 1.44. The Bertz CT molecular complexity index is 356. The average molecular weight is 190 g/mol. The quantitative estimate of drug-likeness (QED) is 0.620. The topological polar surface area (TPSA) is 17.1 Å². The highest BCUT2D eigenvalue weighted by Crippen LogP contribution is 2.25. The lowest BCUT2D eigenvalue weighted by Crippen LogP contribution is -2.12. The van der Waals surface area contributed by atoms with E-state index in [-0.39, 0.29) is 5.41 Å². The number of carbonyl (C=O) groups excluding carboxylic acids is 1. The van der Waals surface area contributed by atoms with Crippen LogP contribution in [0.5, 0.6) is 0 Å². The summed E-state index contributed by atoms with van der Waals surface area (Å²) in [5.41, 5.74) is 4.43. The first-order chi connectivity index (χ1) is 6.36. The van der Waals surface area contributed by atoms with Crippen molar-refractivity contribution in [3.8, 4) is 0 Å². The second-order valence-electron chi connectivity index (χ2n) is 4.88. The van der Waals surface area contributed by atoms with E-state index in [0.717, 1.165) is 17.4 Å². The molecule has 0 saturated carbocycles. The molecule has 14 heavy (non-hydrogen) atoms. The van der Waals surface area contributed by atoms with Crippen LogP contribution in [0, 0.1) is 13.8 Å². The van der Waals surface area contributed by atoms with Crippen molar-refractivity contribution in [3.05, 3.63) is 34.4 Å². The first kappa shape index (κ1) is 11.0. The van der Waals surface area contributed by atoms with Gasteiger partial charge in [0.2, 0.25) is 0 Å². The highest BCUT2D eigenvalue weighted by molar-refractivity contribution is 5.78. The van der Waals surface area contributed by atoms with Crippen molar-refractivity contribution in [2.45, 2.75) is 40.0 Å². The standard InChI is InChI=1S/C13H18O/c1-9-6-12(13(3,4)5)7-11(8-14)10(9)2/h6-8H,1-5H3. The summed E-state index contributed by atoms with van der Waals surface area (Å²) in [5, 5.41) is 0. The molecule has 0 atom stereocenters. The molecule has 0 aliphatic heterocycles. The second kappa shape index (κ2) is 3.56. The molecule has 0 amide bonds. The van der Waals surface area contributed by atoms with Crippen molar-refractivity contribution in [2.75, 3.05) is 0 Å². The molecule has 1 rings (SSSR count). The van der Waals surface area contributed by atoms with Gasteiger partial charge in [-0.15, -0.1) is 0 Å². The lowest BCUT2D eigenvalue weighted by atomic mass is 9.84. The molecule has 0 bridgehead atoms. The summed E-state index contributed by atoms with van der Waals surface area (Å²) in [6, 6.07) is 4.16. The molecule has 1 heteroatoms. The normalized spacial score (nSPS) is 11.5. The minimum atomic E-state index is 0.107. The van der Waals surface area contributed by atoms with Crippen LogP contribution in [0.4, 0.5) is 0 Å². The van der Waals surface area contributed by atoms with E-state index in [9.17, 15) is 4.79 Å². The maximum absolute atomic E-state index is 10.9. The van der Waals surface area contributed by atoms with Crippen molar-refractivity contribution in [1.82, 2.24) is 0 Å². The van der Waals surface area contributed by atoms with Crippen LogP contribution >= 0.6 is 0 Å². The first-order valence-corrected chi connectivity index (χ1v) is 4.93. The molecule has 1 aromatic carbocycles. The molecule has 76 valence electrons. The molecule has 0 spiro atoms. The van der Waals surface area contributed by atoms with Crippen molar-refractivity contribution in [2.24, 2.45) is 0 Å². The highest BCUT2D eigenvalue weighted by atomic mass is 16.1. The predicted octanol–water partition coefficient (Wildman–Crippen LogP) is 3.41. The number of aryl methyl sites for hydroxylation is 1. The van der Waals surface area contributed by atoms with Crippen molar-refractivity contribution in [1.29, 1.82) is 0 Å². The van der Waals surface area contributed by atoms with Crippen molar-refractivity contribution < 1.29 is 4.79 Å². The van der Waals surface area contributed by atoms with E-state index < -0.39 is 0 Å². The van der Waals surface area contributed by atoms with E-state index >= 15 is 0 Å². The van der Waals surface area contributed by atoms with Crippen LogP contribution in [0.15, 0.2) is 12.1 Å². The zero-order valence-corrected chi connectivity index (χ0v) is 9.64. The summed E-state index contributed by atoms with van der Waals surface area (Å²) in [7, 11) is 0. The van der Waals surface area contributed by atoms with Gasteiger partial charge in [0, 0.05) is 5.56 Å². The third-order valence-corrected chi connectivity index (χ3v) is 2.70. The number of aldehydes is 1. The molecular weight excluding hydrogens is 172 g/mol. The predicted molar refractivity (Wildman–Crippen MR) is 60.0 cm³/mol. The van der Waals surface area contributed by atoms with Gasteiger partial charge in [0.25, 0.3) is 0 Å². The van der Waals surface area contributed by atoms with Gasteiger partial charge in [0.05, 0.1) is 0 Å². The summed E-state index contributed by atoms with van der Waals surface area (Å²) in [5.74, 6) is 0. The summed E-state index contributed by atoms with van der Waals surface area (Å²) in [6.45, 7) is 10.5. The summed E-state index contributed by atoms with van der Waals surface area (Å²) >= 11 is 0. The maximum atomic E-state index is 10.9. The van der Waals surface area contributed by atoms with Crippen LogP contribution in [-0.4, -0.2) is 6.29 Å². The van der Waals surface area contributed by atoms with Gasteiger partial charge < -0.3 is 0 Å². The Morgan fingerprint density at radius 1 is 1.14 bits per heavy atom. The number of carbonyl (C=O) groups is 1. The van der Waals surface area contributed by atoms with Crippen molar-refractivity contribution >= 4 is 6.29 Å². The van der Waals surface area contributed by atoms with Gasteiger partial charge in [-0.25, -0.2) is 0 Å². The largest absolute Gasteiger partial charge is 0.298 e. The molecule has 1 nitrogen and oxygen atoms in total. The Hall–Kier alpha value is -1.11. The summed E-state index contributed by atoms with van der Waals surface area (Å²) in [4.78, 5) is 10.9. The zero-order chi connectivity index (χ0) is 10.9. The van der Waals surface area contributed by atoms with Gasteiger partial charge in [-0.1, -0.05) is 26.8 Å².